The summed E-state index contributed by atoms with van der Waals surface area (Å²) in [4.78, 5) is 4.20. The van der Waals surface area contributed by atoms with Crippen LogP contribution in [-0.2, 0) is 0 Å². The Labute approximate surface area is 97.9 Å². The predicted molar refractivity (Wildman–Crippen MR) is 67.5 cm³/mol. The molecule has 3 heteroatoms. The van der Waals surface area contributed by atoms with Crippen molar-refractivity contribution in [2.75, 3.05) is 11.9 Å². The summed E-state index contributed by atoms with van der Waals surface area (Å²) in [6, 6.07) is 3.93. The van der Waals surface area contributed by atoms with Crippen LogP contribution in [-0.4, -0.2) is 22.2 Å². The lowest BCUT2D eigenvalue weighted by Gasteiger charge is -2.25. The molecule has 90 valence electrons. The molecule has 1 heterocycles. The molecule has 1 aromatic rings. The van der Waals surface area contributed by atoms with Crippen molar-refractivity contribution in [3.8, 4) is 0 Å². The predicted octanol–water partition coefficient (Wildman–Crippen LogP) is 2.60. The van der Waals surface area contributed by atoms with E-state index in [0.717, 1.165) is 12.2 Å². The topological polar surface area (TPSA) is 45.2 Å². The van der Waals surface area contributed by atoms with E-state index >= 15 is 0 Å². The smallest absolute Gasteiger partial charge is 0.126 e. The number of anilines is 1. The Kier molecular flexibility index (Phi) is 4.30. The van der Waals surface area contributed by atoms with Crippen LogP contribution in [0.2, 0.25) is 0 Å². The fourth-order valence-electron chi connectivity index (χ4n) is 1.87. The van der Waals surface area contributed by atoms with Crippen molar-refractivity contribution in [3.05, 3.63) is 23.9 Å². The van der Waals surface area contributed by atoms with Gasteiger partial charge in [0.15, 0.2) is 0 Å². The van der Waals surface area contributed by atoms with Gasteiger partial charge in [-0.3, -0.25) is 0 Å². The Bertz CT molecular complexity index is 334. The number of aryl methyl sites for hydroxylation is 1. The fourth-order valence-corrected chi connectivity index (χ4v) is 1.87. The van der Waals surface area contributed by atoms with Gasteiger partial charge < -0.3 is 10.4 Å². The van der Waals surface area contributed by atoms with E-state index in [0.29, 0.717) is 12.5 Å². The van der Waals surface area contributed by atoms with Gasteiger partial charge in [-0.25, -0.2) is 4.98 Å². The molecule has 0 aliphatic rings. The van der Waals surface area contributed by atoms with Crippen molar-refractivity contribution in [3.63, 3.8) is 0 Å². The molecule has 0 saturated heterocycles. The second kappa shape index (κ2) is 5.30. The third-order valence-corrected chi connectivity index (χ3v) is 2.41. The van der Waals surface area contributed by atoms with E-state index < -0.39 is 5.60 Å². The molecule has 0 saturated carbocycles. The van der Waals surface area contributed by atoms with Crippen molar-refractivity contribution in [2.45, 2.75) is 39.7 Å². The van der Waals surface area contributed by atoms with Crippen LogP contribution in [0.4, 0.5) is 5.82 Å². The van der Waals surface area contributed by atoms with Crippen LogP contribution >= 0.6 is 0 Å². The van der Waals surface area contributed by atoms with Crippen LogP contribution in [0, 0.1) is 12.8 Å². The molecular weight excluding hydrogens is 200 g/mol. The highest BCUT2D eigenvalue weighted by Gasteiger charge is 2.21. The van der Waals surface area contributed by atoms with Gasteiger partial charge in [-0.1, -0.05) is 13.8 Å². The Balaban J connectivity index is 2.50. The molecule has 0 fully saturated rings. The molecule has 0 radical (unpaired) electrons. The molecule has 0 bridgehead atoms. The van der Waals surface area contributed by atoms with Gasteiger partial charge in [0, 0.05) is 12.7 Å². The molecule has 16 heavy (non-hydrogen) atoms. The van der Waals surface area contributed by atoms with Gasteiger partial charge in [-0.05, 0) is 43.9 Å². The van der Waals surface area contributed by atoms with E-state index in [1.165, 1.54) is 5.56 Å². The summed E-state index contributed by atoms with van der Waals surface area (Å²) in [5, 5.41) is 13.3. The first-order valence-corrected chi connectivity index (χ1v) is 5.78. The Morgan fingerprint density at radius 3 is 2.75 bits per heavy atom. The molecule has 2 N–H and O–H groups in total. The van der Waals surface area contributed by atoms with Crippen LogP contribution in [0.25, 0.3) is 0 Å². The Morgan fingerprint density at radius 1 is 1.50 bits per heavy atom. The van der Waals surface area contributed by atoms with E-state index in [-0.39, 0.29) is 0 Å². The quantitative estimate of drug-likeness (QED) is 0.805. The summed E-state index contributed by atoms with van der Waals surface area (Å²) >= 11 is 0. The zero-order valence-corrected chi connectivity index (χ0v) is 10.6. The van der Waals surface area contributed by atoms with Gasteiger partial charge in [0.05, 0.1) is 5.60 Å². The van der Waals surface area contributed by atoms with Gasteiger partial charge in [0.25, 0.3) is 0 Å². The van der Waals surface area contributed by atoms with Crippen LogP contribution in [0.15, 0.2) is 18.3 Å². The summed E-state index contributed by atoms with van der Waals surface area (Å²) < 4.78 is 0. The number of hydrogen-bond donors (Lipinski definition) is 2. The zero-order chi connectivity index (χ0) is 12.2. The van der Waals surface area contributed by atoms with E-state index in [9.17, 15) is 5.11 Å². The number of nitrogens with one attached hydrogen (secondary N) is 1. The number of aliphatic hydroxyl groups is 1. The number of rotatable bonds is 5. The highest BCUT2D eigenvalue weighted by molar-refractivity contribution is 5.37. The zero-order valence-electron chi connectivity index (χ0n) is 10.6. The third kappa shape index (κ3) is 4.62. The average molecular weight is 222 g/mol. The first kappa shape index (κ1) is 13.0. The third-order valence-electron chi connectivity index (χ3n) is 2.41. The summed E-state index contributed by atoms with van der Waals surface area (Å²) in [5.74, 6) is 1.31. The molecule has 3 nitrogen and oxygen atoms in total. The SMILES string of the molecule is Cc1ccnc(NCC(C)(O)CC(C)C)c1. The number of nitrogens with zero attached hydrogens (tertiary/aromatic N) is 1. The lowest BCUT2D eigenvalue weighted by Crippen LogP contribution is -2.35. The number of hydrogen-bond acceptors (Lipinski definition) is 3. The minimum absolute atomic E-state index is 0.488. The average Bonchev–Trinajstić information content (AvgIpc) is 2.13. The van der Waals surface area contributed by atoms with Crippen molar-refractivity contribution in [1.82, 2.24) is 4.98 Å². The summed E-state index contributed by atoms with van der Waals surface area (Å²) in [7, 11) is 0. The van der Waals surface area contributed by atoms with E-state index in [2.05, 4.69) is 24.1 Å². The van der Waals surface area contributed by atoms with E-state index in [4.69, 9.17) is 0 Å². The maximum Gasteiger partial charge on any atom is 0.126 e. The molecule has 1 aromatic heterocycles. The van der Waals surface area contributed by atoms with Crippen LogP contribution in [0.3, 0.4) is 0 Å². The van der Waals surface area contributed by atoms with Gasteiger partial charge in [0.1, 0.15) is 5.82 Å². The molecule has 0 aliphatic carbocycles. The summed E-state index contributed by atoms with van der Waals surface area (Å²) in [6.45, 7) is 8.63. The van der Waals surface area contributed by atoms with Gasteiger partial charge in [-0.15, -0.1) is 0 Å². The largest absolute Gasteiger partial charge is 0.388 e. The molecule has 0 aromatic carbocycles. The van der Waals surface area contributed by atoms with Crippen LogP contribution in [0.1, 0.15) is 32.8 Å². The minimum Gasteiger partial charge on any atom is -0.388 e. The standard InChI is InChI=1S/C13H22N2O/c1-10(2)8-13(4,16)9-15-12-7-11(3)5-6-14-12/h5-7,10,16H,8-9H2,1-4H3,(H,14,15). The van der Waals surface area contributed by atoms with E-state index in [1.807, 2.05) is 26.0 Å². The molecule has 1 rings (SSSR count). The first-order chi connectivity index (χ1) is 7.39. The van der Waals surface area contributed by atoms with Crippen molar-refractivity contribution in [1.29, 1.82) is 0 Å². The Morgan fingerprint density at radius 2 is 2.19 bits per heavy atom. The maximum atomic E-state index is 10.1. The highest BCUT2D eigenvalue weighted by Crippen LogP contribution is 2.17. The van der Waals surface area contributed by atoms with Crippen molar-refractivity contribution in [2.24, 2.45) is 5.92 Å². The molecular formula is C13H22N2O. The molecule has 0 aliphatic heterocycles. The fraction of sp³-hybridized carbons (Fsp3) is 0.615. The van der Waals surface area contributed by atoms with Gasteiger partial charge >= 0.3 is 0 Å². The minimum atomic E-state index is -0.681. The monoisotopic (exact) mass is 222 g/mol. The maximum absolute atomic E-state index is 10.1. The number of aromatic nitrogens is 1. The lowest BCUT2D eigenvalue weighted by molar-refractivity contribution is 0.0515. The Hall–Kier alpha value is -1.09. The van der Waals surface area contributed by atoms with Crippen LogP contribution in [0.5, 0.6) is 0 Å². The highest BCUT2D eigenvalue weighted by atomic mass is 16.3. The second-order valence-corrected chi connectivity index (χ2v) is 5.17. The van der Waals surface area contributed by atoms with Gasteiger partial charge in [0.2, 0.25) is 0 Å². The van der Waals surface area contributed by atoms with Crippen molar-refractivity contribution < 1.29 is 5.11 Å². The lowest BCUT2D eigenvalue weighted by atomic mass is 9.94. The van der Waals surface area contributed by atoms with Crippen molar-refractivity contribution >= 4 is 5.82 Å². The van der Waals surface area contributed by atoms with Crippen LogP contribution < -0.4 is 5.32 Å². The van der Waals surface area contributed by atoms with Gasteiger partial charge in [-0.2, -0.15) is 0 Å². The summed E-state index contributed by atoms with van der Waals surface area (Å²) in [5.41, 5.74) is 0.487. The molecule has 0 amide bonds. The molecule has 0 spiro atoms. The second-order valence-electron chi connectivity index (χ2n) is 5.17. The normalized spacial score (nSPS) is 14.9. The first-order valence-electron chi connectivity index (χ1n) is 5.78. The summed E-state index contributed by atoms with van der Waals surface area (Å²) in [6.07, 6.45) is 2.56. The number of pyridine rings is 1. The molecule has 1 unspecified atom stereocenters. The molecule has 1 atom stereocenters. The van der Waals surface area contributed by atoms with E-state index in [1.54, 1.807) is 6.20 Å².